The fourth-order valence-electron chi connectivity index (χ4n) is 1.10. The highest BCUT2D eigenvalue weighted by Gasteiger charge is 2.06. The Bertz CT molecular complexity index is 309. The number of methoxy groups -OCH3 is 2. The number of aromatic nitrogens is 2. The van der Waals surface area contributed by atoms with Crippen molar-refractivity contribution in [3.05, 3.63) is 6.07 Å². The van der Waals surface area contributed by atoms with E-state index in [0.717, 1.165) is 13.0 Å². The average Bonchev–Trinajstić information content (AvgIpc) is 2.35. The van der Waals surface area contributed by atoms with E-state index in [4.69, 9.17) is 9.47 Å². The van der Waals surface area contributed by atoms with Crippen LogP contribution in [0.3, 0.4) is 0 Å². The summed E-state index contributed by atoms with van der Waals surface area (Å²) in [5.74, 6) is 2.12. The number of nitrogens with one attached hydrogen (secondary N) is 1. The first-order valence-corrected chi connectivity index (χ1v) is 5.40. The number of anilines is 1. The van der Waals surface area contributed by atoms with E-state index in [0.29, 0.717) is 23.6 Å². The van der Waals surface area contributed by atoms with Crippen LogP contribution in [-0.2, 0) is 0 Å². The highest BCUT2D eigenvalue weighted by atomic mass is 16.5. The van der Waals surface area contributed by atoms with Gasteiger partial charge in [-0.05, 0) is 5.92 Å². The minimum absolute atomic E-state index is 0.499. The van der Waals surface area contributed by atoms with E-state index in [1.54, 1.807) is 20.3 Å². The molecule has 0 radical (unpaired) electrons. The molecule has 1 unspecified atom stereocenters. The predicted octanol–water partition coefficient (Wildman–Crippen LogP) is 1.95. The molecule has 1 aromatic heterocycles. The molecule has 16 heavy (non-hydrogen) atoms. The van der Waals surface area contributed by atoms with Crippen molar-refractivity contribution in [2.75, 3.05) is 26.1 Å². The number of hydrogen-bond donors (Lipinski definition) is 1. The molecular formula is C11H19N3O2. The third kappa shape index (κ3) is 3.56. The maximum absolute atomic E-state index is 5.06. The molecular weight excluding hydrogens is 206 g/mol. The zero-order valence-corrected chi connectivity index (χ0v) is 10.3. The molecule has 5 heteroatoms. The summed E-state index contributed by atoms with van der Waals surface area (Å²) in [4.78, 5) is 8.36. The van der Waals surface area contributed by atoms with Crippen LogP contribution < -0.4 is 14.8 Å². The molecule has 0 saturated heterocycles. The topological polar surface area (TPSA) is 56.3 Å². The van der Waals surface area contributed by atoms with Gasteiger partial charge in [0.1, 0.15) is 0 Å². The molecule has 0 saturated carbocycles. The van der Waals surface area contributed by atoms with Crippen LogP contribution in [0.25, 0.3) is 0 Å². The Hall–Kier alpha value is -1.52. The van der Waals surface area contributed by atoms with Crippen LogP contribution in [0.1, 0.15) is 20.3 Å². The molecule has 0 amide bonds. The summed E-state index contributed by atoms with van der Waals surface area (Å²) in [6.07, 6.45) is 1.12. The van der Waals surface area contributed by atoms with Crippen molar-refractivity contribution in [1.29, 1.82) is 0 Å². The van der Waals surface area contributed by atoms with Crippen LogP contribution in [0.15, 0.2) is 6.07 Å². The highest BCUT2D eigenvalue weighted by molar-refractivity contribution is 5.33. The molecule has 0 aliphatic heterocycles. The highest BCUT2D eigenvalue weighted by Crippen LogP contribution is 2.17. The minimum atomic E-state index is 0.499. The summed E-state index contributed by atoms with van der Waals surface area (Å²) < 4.78 is 10.1. The number of nitrogens with zero attached hydrogens (tertiary/aromatic N) is 2. The van der Waals surface area contributed by atoms with Gasteiger partial charge in [0.15, 0.2) is 0 Å². The lowest BCUT2D eigenvalue weighted by molar-refractivity contribution is 0.372. The van der Waals surface area contributed by atoms with Crippen LogP contribution in [0.2, 0.25) is 0 Å². The van der Waals surface area contributed by atoms with E-state index in [1.807, 2.05) is 0 Å². The van der Waals surface area contributed by atoms with Gasteiger partial charge in [0.25, 0.3) is 0 Å². The lowest BCUT2D eigenvalue weighted by atomic mass is 10.1. The Balaban J connectivity index is 2.71. The molecule has 0 aromatic carbocycles. The van der Waals surface area contributed by atoms with Gasteiger partial charge < -0.3 is 14.8 Å². The monoisotopic (exact) mass is 225 g/mol. The maximum Gasteiger partial charge on any atom is 0.229 e. The second-order valence-corrected chi connectivity index (χ2v) is 3.67. The summed E-state index contributed by atoms with van der Waals surface area (Å²) in [6, 6.07) is 1.65. The summed E-state index contributed by atoms with van der Waals surface area (Å²) in [5.41, 5.74) is 0. The van der Waals surface area contributed by atoms with E-state index in [1.165, 1.54) is 0 Å². The molecule has 1 rings (SSSR count). The van der Waals surface area contributed by atoms with Gasteiger partial charge in [0.05, 0.1) is 20.3 Å². The Labute approximate surface area is 96.2 Å². The largest absolute Gasteiger partial charge is 0.481 e. The normalized spacial score (nSPS) is 12.0. The number of rotatable bonds is 6. The van der Waals surface area contributed by atoms with Gasteiger partial charge in [0.2, 0.25) is 17.7 Å². The second-order valence-electron chi connectivity index (χ2n) is 3.67. The predicted molar refractivity (Wildman–Crippen MR) is 63.1 cm³/mol. The summed E-state index contributed by atoms with van der Waals surface area (Å²) in [5, 5.41) is 3.16. The van der Waals surface area contributed by atoms with Crippen LogP contribution in [0.4, 0.5) is 5.95 Å². The quantitative estimate of drug-likeness (QED) is 0.802. The van der Waals surface area contributed by atoms with E-state index < -0.39 is 0 Å². The van der Waals surface area contributed by atoms with Gasteiger partial charge in [-0.3, -0.25) is 0 Å². The second kappa shape index (κ2) is 6.15. The first-order chi connectivity index (χ1) is 7.69. The first-order valence-electron chi connectivity index (χ1n) is 5.40. The Kier molecular flexibility index (Phi) is 4.82. The molecule has 0 spiro atoms. The number of ether oxygens (including phenoxy) is 2. The Morgan fingerprint density at radius 3 is 2.25 bits per heavy atom. The lowest BCUT2D eigenvalue weighted by Crippen LogP contribution is -2.13. The summed E-state index contributed by atoms with van der Waals surface area (Å²) >= 11 is 0. The summed E-state index contributed by atoms with van der Waals surface area (Å²) in [6.45, 7) is 5.16. The Morgan fingerprint density at radius 1 is 1.25 bits per heavy atom. The summed E-state index contributed by atoms with van der Waals surface area (Å²) in [7, 11) is 3.14. The minimum Gasteiger partial charge on any atom is -0.481 e. The van der Waals surface area contributed by atoms with Crippen LogP contribution in [0.5, 0.6) is 11.8 Å². The molecule has 0 bridgehead atoms. The zero-order valence-electron chi connectivity index (χ0n) is 10.3. The molecule has 1 N–H and O–H groups in total. The van der Waals surface area contributed by atoms with Crippen molar-refractivity contribution in [3.63, 3.8) is 0 Å². The molecule has 5 nitrogen and oxygen atoms in total. The van der Waals surface area contributed by atoms with E-state index >= 15 is 0 Å². The third-order valence-corrected chi connectivity index (χ3v) is 2.40. The fraction of sp³-hybridized carbons (Fsp3) is 0.636. The molecule has 1 aromatic rings. The van der Waals surface area contributed by atoms with Crippen molar-refractivity contribution in [2.45, 2.75) is 20.3 Å². The van der Waals surface area contributed by atoms with E-state index in [9.17, 15) is 0 Å². The van der Waals surface area contributed by atoms with E-state index in [2.05, 4.69) is 29.1 Å². The van der Waals surface area contributed by atoms with Crippen LogP contribution >= 0.6 is 0 Å². The fourth-order valence-corrected chi connectivity index (χ4v) is 1.10. The van der Waals surface area contributed by atoms with E-state index in [-0.39, 0.29) is 0 Å². The standard InChI is InChI=1S/C11H19N3O2/c1-5-8(2)7-12-11-13-9(15-3)6-10(14-11)16-4/h6,8H,5,7H2,1-4H3,(H,12,13,14). The number of hydrogen-bond acceptors (Lipinski definition) is 5. The van der Waals surface area contributed by atoms with Crippen molar-refractivity contribution in [1.82, 2.24) is 9.97 Å². The molecule has 1 atom stereocenters. The van der Waals surface area contributed by atoms with Gasteiger partial charge in [-0.1, -0.05) is 20.3 Å². The molecule has 0 aliphatic rings. The van der Waals surface area contributed by atoms with Crippen molar-refractivity contribution in [3.8, 4) is 11.8 Å². The molecule has 0 aliphatic carbocycles. The van der Waals surface area contributed by atoms with Crippen molar-refractivity contribution >= 4 is 5.95 Å². The lowest BCUT2D eigenvalue weighted by Gasteiger charge is -2.11. The zero-order chi connectivity index (χ0) is 12.0. The van der Waals surface area contributed by atoms with Gasteiger partial charge in [-0.25, -0.2) is 0 Å². The molecule has 1 heterocycles. The van der Waals surface area contributed by atoms with Crippen LogP contribution in [-0.4, -0.2) is 30.7 Å². The molecule has 90 valence electrons. The smallest absolute Gasteiger partial charge is 0.229 e. The van der Waals surface area contributed by atoms with Gasteiger partial charge in [0, 0.05) is 6.54 Å². The molecule has 0 fully saturated rings. The van der Waals surface area contributed by atoms with Crippen LogP contribution in [0, 0.1) is 5.92 Å². The average molecular weight is 225 g/mol. The van der Waals surface area contributed by atoms with Gasteiger partial charge in [-0.2, -0.15) is 9.97 Å². The van der Waals surface area contributed by atoms with Crippen molar-refractivity contribution in [2.24, 2.45) is 5.92 Å². The first kappa shape index (κ1) is 12.5. The SMILES string of the molecule is CCC(C)CNc1nc(OC)cc(OC)n1. The third-order valence-electron chi connectivity index (χ3n) is 2.40. The Morgan fingerprint density at radius 2 is 1.81 bits per heavy atom. The van der Waals surface area contributed by atoms with Crippen molar-refractivity contribution < 1.29 is 9.47 Å². The van der Waals surface area contributed by atoms with Gasteiger partial charge in [-0.15, -0.1) is 0 Å². The van der Waals surface area contributed by atoms with Gasteiger partial charge >= 0.3 is 0 Å². The maximum atomic E-state index is 5.06.